The average molecular weight is 357 g/mol. The number of aromatic nitrogens is 4. The number of rotatable bonds is 2. The van der Waals surface area contributed by atoms with Crippen LogP contribution in [0.25, 0.3) is 4.83 Å². The molecule has 1 fully saturated rings. The Morgan fingerprint density at radius 3 is 2.84 bits per heavy atom. The lowest BCUT2D eigenvalue weighted by molar-refractivity contribution is 0.0705. The SMILES string of the molecule is Cc1nn(C)cc1C(=O)N1CCC[C@H](c2nc(C)n3c(C)csc23)C1. The number of hydrogen-bond acceptors (Lipinski definition) is 4. The van der Waals surface area contributed by atoms with E-state index in [1.165, 1.54) is 10.5 Å². The number of imidazole rings is 1. The van der Waals surface area contributed by atoms with Crippen LogP contribution >= 0.6 is 11.3 Å². The minimum Gasteiger partial charge on any atom is -0.338 e. The van der Waals surface area contributed by atoms with Gasteiger partial charge < -0.3 is 4.90 Å². The molecule has 4 heterocycles. The van der Waals surface area contributed by atoms with Crippen molar-refractivity contribution in [1.29, 1.82) is 0 Å². The van der Waals surface area contributed by atoms with Crippen LogP contribution in [0.1, 0.15) is 52.0 Å². The van der Waals surface area contributed by atoms with Gasteiger partial charge in [0, 0.05) is 43.3 Å². The topological polar surface area (TPSA) is 55.4 Å². The Kier molecular flexibility index (Phi) is 3.91. The number of amides is 1. The van der Waals surface area contributed by atoms with E-state index >= 15 is 0 Å². The second kappa shape index (κ2) is 5.98. The van der Waals surface area contributed by atoms with Crippen molar-refractivity contribution in [2.75, 3.05) is 13.1 Å². The van der Waals surface area contributed by atoms with E-state index in [0.717, 1.165) is 43.1 Å². The van der Waals surface area contributed by atoms with E-state index < -0.39 is 0 Å². The van der Waals surface area contributed by atoms with E-state index in [2.05, 4.69) is 28.7 Å². The van der Waals surface area contributed by atoms with Crippen molar-refractivity contribution < 1.29 is 4.79 Å². The Morgan fingerprint density at radius 2 is 2.12 bits per heavy atom. The Balaban J connectivity index is 1.62. The van der Waals surface area contributed by atoms with Crippen LogP contribution in [-0.4, -0.2) is 43.1 Å². The number of aryl methyl sites for hydroxylation is 4. The standard InChI is InChI=1S/C18H23N5OS/c1-11-10-25-18-16(19-13(3)23(11)18)14-6-5-7-22(8-14)17(24)15-9-21(4)20-12(15)2/h9-10,14H,5-8H2,1-4H3/t14-/m0/s1. The molecule has 1 amide bonds. The van der Waals surface area contributed by atoms with Crippen molar-refractivity contribution in [3.8, 4) is 0 Å². The van der Waals surface area contributed by atoms with Gasteiger partial charge in [-0.25, -0.2) is 4.98 Å². The number of carbonyl (C=O) groups is 1. The molecule has 1 atom stereocenters. The molecule has 0 aliphatic carbocycles. The summed E-state index contributed by atoms with van der Waals surface area (Å²) in [6.07, 6.45) is 3.92. The molecule has 0 aromatic carbocycles. The highest BCUT2D eigenvalue weighted by Gasteiger charge is 2.30. The first-order valence-electron chi connectivity index (χ1n) is 8.68. The fourth-order valence-electron chi connectivity index (χ4n) is 3.89. The van der Waals surface area contributed by atoms with Gasteiger partial charge in [-0.05, 0) is 33.6 Å². The molecular formula is C18H23N5OS. The van der Waals surface area contributed by atoms with Gasteiger partial charge in [0.1, 0.15) is 10.7 Å². The summed E-state index contributed by atoms with van der Waals surface area (Å²) < 4.78 is 3.94. The van der Waals surface area contributed by atoms with Crippen LogP contribution in [0.5, 0.6) is 0 Å². The molecule has 132 valence electrons. The van der Waals surface area contributed by atoms with Gasteiger partial charge >= 0.3 is 0 Å². The van der Waals surface area contributed by atoms with Crippen LogP contribution in [0, 0.1) is 20.8 Å². The first kappa shape index (κ1) is 16.3. The minimum atomic E-state index is 0.0878. The molecule has 3 aromatic heterocycles. The fraction of sp³-hybridized carbons (Fsp3) is 0.500. The largest absolute Gasteiger partial charge is 0.338 e. The van der Waals surface area contributed by atoms with E-state index in [9.17, 15) is 4.79 Å². The van der Waals surface area contributed by atoms with Gasteiger partial charge in [0.15, 0.2) is 0 Å². The van der Waals surface area contributed by atoms with Crippen molar-refractivity contribution in [1.82, 2.24) is 24.1 Å². The highest BCUT2D eigenvalue weighted by Crippen LogP contribution is 2.33. The Bertz CT molecular complexity index is 950. The van der Waals surface area contributed by atoms with Crippen LogP contribution < -0.4 is 0 Å². The summed E-state index contributed by atoms with van der Waals surface area (Å²) in [6, 6.07) is 0. The van der Waals surface area contributed by atoms with Gasteiger partial charge in [0.25, 0.3) is 5.91 Å². The highest BCUT2D eigenvalue weighted by atomic mass is 32.1. The smallest absolute Gasteiger partial charge is 0.257 e. The number of carbonyl (C=O) groups excluding carboxylic acids is 1. The molecule has 1 aliphatic rings. The zero-order valence-electron chi connectivity index (χ0n) is 15.1. The van der Waals surface area contributed by atoms with E-state index in [1.54, 1.807) is 16.0 Å². The molecule has 0 bridgehead atoms. The van der Waals surface area contributed by atoms with Crippen LogP contribution in [0.2, 0.25) is 0 Å². The van der Waals surface area contributed by atoms with Gasteiger partial charge in [-0.2, -0.15) is 5.10 Å². The molecule has 6 nitrogen and oxygen atoms in total. The molecule has 0 spiro atoms. The van der Waals surface area contributed by atoms with Crippen molar-refractivity contribution in [2.45, 2.75) is 39.5 Å². The molecule has 7 heteroatoms. The zero-order valence-corrected chi connectivity index (χ0v) is 15.9. The number of fused-ring (bicyclic) bond motifs is 1. The minimum absolute atomic E-state index is 0.0878. The van der Waals surface area contributed by atoms with Crippen molar-refractivity contribution >= 4 is 22.1 Å². The Morgan fingerprint density at radius 1 is 1.32 bits per heavy atom. The van der Waals surface area contributed by atoms with Crippen LogP contribution in [0.15, 0.2) is 11.6 Å². The second-order valence-electron chi connectivity index (χ2n) is 6.95. The molecular weight excluding hydrogens is 334 g/mol. The Labute approximate surface area is 151 Å². The van der Waals surface area contributed by atoms with Gasteiger partial charge in [0.2, 0.25) is 0 Å². The maximum absolute atomic E-state index is 12.9. The van der Waals surface area contributed by atoms with Crippen molar-refractivity contribution in [3.63, 3.8) is 0 Å². The van der Waals surface area contributed by atoms with E-state index in [4.69, 9.17) is 4.98 Å². The van der Waals surface area contributed by atoms with E-state index in [-0.39, 0.29) is 5.91 Å². The molecule has 0 unspecified atom stereocenters. The lowest BCUT2D eigenvalue weighted by Crippen LogP contribution is -2.39. The second-order valence-corrected chi connectivity index (χ2v) is 7.81. The number of likely N-dealkylation sites (tertiary alicyclic amines) is 1. The van der Waals surface area contributed by atoms with Gasteiger partial charge in [0.05, 0.1) is 17.0 Å². The van der Waals surface area contributed by atoms with Gasteiger partial charge in [-0.15, -0.1) is 11.3 Å². The van der Waals surface area contributed by atoms with Gasteiger partial charge in [-0.1, -0.05) is 0 Å². The van der Waals surface area contributed by atoms with Crippen LogP contribution in [0.4, 0.5) is 0 Å². The first-order chi connectivity index (χ1) is 12.0. The summed E-state index contributed by atoms with van der Waals surface area (Å²) in [5.74, 6) is 1.43. The number of piperidine rings is 1. The summed E-state index contributed by atoms with van der Waals surface area (Å²) in [6.45, 7) is 7.61. The first-order valence-corrected chi connectivity index (χ1v) is 9.56. The van der Waals surface area contributed by atoms with Gasteiger partial charge in [-0.3, -0.25) is 13.9 Å². The fourth-order valence-corrected chi connectivity index (χ4v) is 4.99. The third-order valence-electron chi connectivity index (χ3n) is 5.06. The average Bonchev–Trinajstić information content (AvgIpc) is 3.23. The lowest BCUT2D eigenvalue weighted by atomic mass is 9.94. The van der Waals surface area contributed by atoms with Crippen LogP contribution in [-0.2, 0) is 7.05 Å². The Hall–Kier alpha value is -2.15. The molecule has 0 N–H and O–H groups in total. The molecule has 25 heavy (non-hydrogen) atoms. The molecule has 1 saturated heterocycles. The van der Waals surface area contributed by atoms with E-state index in [0.29, 0.717) is 11.5 Å². The summed E-state index contributed by atoms with van der Waals surface area (Å²) in [5, 5.41) is 6.49. The number of nitrogens with zero attached hydrogens (tertiary/aromatic N) is 5. The maximum Gasteiger partial charge on any atom is 0.257 e. The van der Waals surface area contributed by atoms with Crippen LogP contribution in [0.3, 0.4) is 0 Å². The molecule has 0 radical (unpaired) electrons. The molecule has 4 rings (SSSR count). The number of hydrogen-bond donors (Lipinski definition) is 0. The third-order valence-corrected chi connectivity index (χ3v) is 6.13. The lowest BCUT2D eigenvalue weighted by Gasteiger charge is -2.32. The zero-order chi connectivity index (χ0) is 17.7. The highest BCUT2D eigenvalue weighted by molar-refractivity contribution is 7.15. The normalized spacial score (nSPS) is 18.2. The molecule has 1 aliphatic heterocycles. The molecule has 3 aromatic rings. The van der Waals surface area contributed by atoms with E-state index in [1.807, 2.05) is 25.1 Å². The third kappa shape index (κ3) is 2.66. The maximum atomic E-state index is 12.9. The summed E-state index contributed by atoms with van der Waals surface area (Å²) in [4.78, 5) is 21.0. The molecule has 0 saturated carbocycles. The predicted octanol–water partition coefficient (Wildman–Crippen LogP) is 3.07. The monoisotopic (exact) mass is 357 g/mol. The summed E-state index contributed by atoms with van der Waals surface area (Å²) >= 11 is 1.75. The summed E-state index contributed by atoms with van der Waals surface area (Å²) in [5.41, 5.74) is 3.88. The summed E-state index contributed by atoms with van der Waals surface area (Å²) in [7, 11) is 1.85. The number of thiazole rings is 1. The quantitative estimate of drug-likeness (QED) is 0.708. The predicted molar refractivity (Wildman–Crippen MR) is 98.4 cm³/mol. The van der Waals surface area contributed by atoms with Crippen molar-refractivity contribution in [3.05, 3.63) is 40.0 Å². The van der Waals surface area contributed by atoms with Crippen molar-refractivity contribution in [2.24, 2.45) is 7.05 Å².